The Balaban J connectivity index is 1.03. The van der Waals surface area contributed by atoms with Crippen molar-refractivity contribution in [1.82, 2.24) is 34.8 Å². The number of amides is 5. The summed E-state index contributed by atoms with van der Waals surface area (Å²) >= 11 is 0. The third-order valence-electron chi connectivity index (χ3n) is 12.7. The van der Waals surface area contributed by atoms with Crippen LogP contribution < -0.4 is 10.5 Å². The quantitative estimate of drug-likeness (QED) is 0.122. The van der Waals surface area contributed by atoms with E-state index in [0.29, 0.717) is 77.2 Å². The number of benzene rings is 2. The van der Waals surface area contributed by atoms with Crippen LogP contribution in [-0.4, -0.2) is 120 Å². The molecule has 1 aromatic heterocycles. The molecule has 318 valence electrons. The third kappa shape index (κ3) is 9.26. The smallest absolute Gasteiger partial charge is 0.407 e. The van der Waals surface area contributed by atoms with Gasteiger partial charge in [0.1, 0.15) is 29.7 Å². The number of rotatable bonds is 14. The Morgan fingerprint density at radius 1 is 0.983 bits per heavy atom. The molecule has 5 aliphatic rings. The molecule has 0 saturated carbocycles. The van der Waals surface area contributed by atoms with Gasteiger partial charge in [-0.15, -0.1) is 0 Å². The molecule has 0 spiro atoms. The summed E-state index contributed by atoms with van der Waals surface area (Å²) in [7, 11) is 0. The van der Waals surface area contributed by atoms with Crippen molar-refractivity contribution < 1.29 is 41.8 Å². The first-order valence-corrected chi connectivity index (χ1v) is 21.2. The maximum atomic E-state index is 16.0. The second kappa shape index (κ2) is 18.6. The highest BCUT2D eigenvalue weighted by atomic mass is 19.1. The number of halogens is 3. The minimum Gasteiger partial charge on any atom is -0.445 e. The van der Waals surface area contributed by atoms with Gasteiger partial charge >= 0.3 is 12.1 Å². The summed E-state index contributed by atoms with van der Waals surface area (Å²) in [6.45, 7) is 2.46. The van der Waals surface area contributed by atoms with Crippen LogP contribution in [0.15, 0.2) is 66.9 Å². The van der Waals surface area contributed by atoms with Crippen molar-refractivity contribution in [2.24, 2.45) is 11.8 Å². The largest absolute Gasteiger partial charge is 0.445 e. The van der Waals surface area contributed by atoms with E-state index in [0.717, 1.165) is 36.6 Å². The van der Waals surface area contributed by atoms with Gasteiger partial charge in [-0.1, -0.05) is 49.5 Å². The van der Waals surface area contributed by atoms with Gasteiger partial charge in [-0.05, 0) is 55.4 Å². The Morgan fingerprint density at radius 2 is 1.75 bits per heavy atom. The fourth-order valence-corrected chi connectivity index (χ4v) is 9.52. The highest BCUT2D eigenvalue weighted by Gasteiger charge is 2.51. The number of unbranched alkanes of at least 4 members (excludes halogenated alkanes) is 3. The van der Waals surface area contributed by atoms with Crippen molar-refractivity contribution in [3.63, 3.8) is 0 Å². The van der Waals surface area contributed by atoms with Gasteiger partial charge in [-0.2, -0.15) is 0 Å². The summed E-state index contributed by atoms with van der Waals surface area (Å²) in [6.07, 6.45) is 6.31. The number of nitrogens with zero attached hydrogens (tertiary/aromatic N) is 5. The minimum atomic E-state index is -1.24. The topological polar surface area (TPSA) is 138 Å². The summed E-state index contributed by atoms with van der Waals surface area (Å²) in [5.41, 5.74) is 1.17. The maximum Gasteiger partial charge on any atom is 0.407 e. The molecule has 13 nitrogen and oxygen atoms in total. The first kappa shape index (κ1) is 41.6. The average Bonchev–Trinajstić information content (AvgIpc) is 3.96. The van der Waals surface area contributed by atoms with Crippen LogP contribution in [0.1, 0.15) is 56.0 Å². The molecule has 0 aliphatic carbocycles. The number of ether oxygens (including phenoxy) is 2. The fourth-order valence-electron chi connectivity index (χ4n) is 9.52. The van der Waals surface area contributed by atoms with Gasteiger partial charge in [-0.25, -0.2) is 27.7 Å². The van der Waals surface area contributed by atoms with Crippen LogP contribution in [0.5, 0.6) is 0 Å². The van der Waals surface area contributed by atoms with Gasteiger partial charge in [0.15, 0.2) is 0 Å². The zero-order valence-electron chi connectivity index (χ0n) is 33.5. The third-order valence-corrected chi connectivity index (χ3v) is 12.7. The van der Waals surface area contributed by atoms with E-state index in [2.05, 4.69) is 10.5 Å². The standard InChI is InChI=1S/C43H51BF3N7O6/c45-31-10-11-34(46)32(20-31)36-26-51(23-28-8-4-3-5-9-28)41(50-36)40(29-14-18-59-19-15-29)54-24-30-21-44(49-22-35(30)47)33-25-52(43(54)58)27-37(33)60-42(57)48-16-6-1-2-7-17-53-38(55)12-13-39(53)56/h3-5,8-13,20,26,29-30,33,35,37,40,49H,1-2,6-7,14-19,21-25,27H2,(H,48,57). The summed E-state index contributed by atoms with van der Waals surface area (Å²) in [4.78, 5) is 61.5. The molecule has 2 N–H and O–H groups in total. The number of nitrogens with one attached hydrogen (secondary N) is 2. The summed E-state index contributed by atoms with van der Waals surface area (Å²) in [5, 5.41) is 6.19. The molecule has 6 heterocycles. The zero-order valence-corrected chi connectivity index (χ0v) is 33.5. The number of hydrogen-bond acceptors (Lipinski definition) is 8. The summed E-state index contributed by atoms with van der Waals surface area (Å²) in [5.74, 6) is -2.26. The highest BCUT2D eigenvalue weighted by molar-refractivity contribution is 6.58. The summed E-state index contributed by atoms with van der Waals surface area (Å²) in [6, 6.07) is 12.0. The predicted octanol–water partition coefficient (Wildman–Crippen LogP) is 5.59. The molecule has 5 unspecified atom stereocenters. The zero-order chi connectivity index (χ0) is 41.8. The Kier molecular flexibility index (Phi) is 12.9. The van der Waals surface area contributed by atoms with Crippen molar-refractivity contribution in [1.29, 1.82) is 0 Å². The van der Waals surface area contributed by atoms with Crippen LogP contribution in [0.25, 0.3) is 11.3 Å². The Bertz CT molecular complexity index is 2050. The van der Waals surface area contributed by atoms with Gasteiger partial charge in [-0.3, -0.25) is 14.5 Å². The number of carbonyl (C=O) groups excluding carboxylic acids is 4. The molecule has 60 heavy (non-hydrogen) atoms. The lowest BCUT2D eigenvalue weighted by Crippen LogP contribution is -2.56. The van der Waals surface area contributed by atoms with E-state index < -0.39 is 42.0 Å². The minimum absolute atomic E-state index is 0.000855. The van der Waals surface area contributed by atoms with E-state index >= 15 is 13.6 Å². The van der Waals surface area contributed by atoms with Crippen LogP contribution in [0.3, 0.4) is 0 Å². The number of aromatic nitrogens is 2. The first-order chi connectivity index (χ1) is 29.1. The summed E-state index contributed by atoms with van der Waals surface area (Å²) < 4.78 is 59.7. The molecule has 0 radical (unpaired) electrons. The Morgan fingerprint density at radius 3 is 2.53 bits per heavy atom. The second-order valence-electron chi connectivity index (χ2n) is 16.6. The number of imide groups is 1. The van der Waals surface area contributed by atoms with E-state index in [1.54, 1.807) is 16.0 Å². The number of alkyl carbamates (subject to hydrolysis) is 1. The molecule has 8 rings (SSSR count). The van der Waals surface area contributed by atoms with Crippen molar-refractivity contribution in [3.8, 4) is 11.3 Å². The van der Waals surface area contributed by atoms with Gasteiger partial charge in [0, 0.05) is 88.1 Å². The number of alkyl halides is 1. The van der Waals surface area contributed by atoms with Crippen LogP contribution in [0.2, 0.25) is 12.1 Å². The van der Waals surface area contributed by atoms with Crippen molar-refractivity contribution in [2.75, 3.05) is 52.5 Å². The first-order valence-electron chi connectivity index (χ1n) is 21.2. The molecule has 5 aliphatic heterocycles. The van der Waals surface area contributed by atoms with E-state index in [-0.39, 0.29) is 67.3 Å². The van der Waals surface area contributed by atoms with Gasteiger partial charge in [0.2, 0.25) is 6.85 Å². The van der Waals surface area contributed by atoms with E-state index in [9.17, 15) is 18.8 Å². The molecule has 5 atom stereocenters. The van der Waals surface area contributed by atoms with Crippen molar-refractivity contribution in [2.45, 2.75) is 75.5 Å². The molecule has 17 heteroatoms. The van der Waals surface area contributed by atoms with Crippen molar-refractivity contribution >= 4 is 30.8 Å². The average molecular weight is 830 g/mol. The lowest BCUT2D eigenvalue weighted by molar-refractivity contribution is -0.136. The molecule has 3 aromatic rings. The Hall–Kier alpha value is -5.16. The van der Waals surface area contributed by atoms with Crippen LogP contribution in [-0.2, 0) is 25.6 Å². The molecule has 5 amide bonds. The van der Waals surface area contributed by atoms with E-state index in [1.165, 1.54) is 17.1 Å². The number of imidazole rings is 1. The highest BCUT2D eigenvalue weighted by Crippen LogP contribution is 2.42. The van der Waals surface area contributed by atoms with Gasteiger partial charge in [0.05, 0.1) is 18.3 Å². The number of hydrogen-bond donors (Lipinski definition) is 2. The fraction of sp³-hybridized carbons (Fsp3) is 0.512. The number of carbonyl (C=O) groups is 4. The Labute approximate surface area is 347 Å². The van der Waals surface area contributed by atoms with Crippen molar-refractivity contribution in [3.05, 3.63) is 89.9 Å². The predicted molar refractivity (Wildman–Crippen MR) is 216 cm³/mol. The van der Waals surface area contributed by atoms with E-state index in [4.69, 9.17) is 14.5 Å². The number of fused-ring (bicyclic) bond motifs is 5. The lowest BCUT2D eigenvalue weighted by atomic mass is 9.44. The molecular weight excluding hydrogens is 778 g/mol. The van der Waals surface area contributed by atoms with Gasteiger partial charge < -0.3 is 34.4 Å². The molecule has 4 fully saturated rings. The van der Waals surface area contributed by atoms with Crippen LogP contribution >= 0.6 is 0 Å². The second-order valence-corrected chi connectivity index (χ2v) is 16.6. The SMILES string of the molecule is O=C(NCCCCCCN1C(=O)C=CC1=O)OC1CN2CC1B1CC(CN(C(c3nc(-c4cc(F)ccc4F)cn3Cc3ccccc3)C3CCOCC3)C2=O)C(F)CN1. The molecule has 4 saturated heterocycles. The van der Waals surface area contributed by atoms with Gasteiger partial charge in [0.25, 0.3) is 11.8 Å². The molecular formula is C43H51BF3N7O6. The molecule has 4 bridgehead atoms. The number of urea groups is 1. The lowest BCUT2D eigenvalue weighted by Gasteiger charge is -2.43. The van der Waals surface area contributed by atoms with E-state index in [1.807, 2.05) is 34.9 Å². The molecule has 2 aromatic carbocycles. The normalized spacial score (nSPS) is 23.8. The maximum absolute atomic E-state index is 16.0. The monoisotopic (exact) mass is 829 g/mol. The van der Waals surface area contributed by atoms with Crippen LogP contribution in [0.4, 0.5) is 22.8 Å². The van der Waals surface area contributed by atoms with Crippen LogP contribution in [0, 0.1) is 23.5 Å².